The Labute approximate surface area is 277 Å². The molecule has 4 heterocycles. The summed E-state index contributed by atoms with van der Waals surface area (Å²) in [6, 6.07) is 44.0. The van der Waals surface area contributed by atoms with Crippen molar-refractivity contribution in [3.63, 3.8) is 0 Å². The zero-order chi connectivity index (χ0) is 31.8. The van der Waals surface area contributed by atoms with Gasteiger partial charge < -0.3 is 9.47 Å². The Morgan fingerprint density at radius 1 is 0.562 bits per heavy atom. The summed E-state index contributed by atoms with van der Waals surface area (Å²) in [5, 5.41) is 9.49. The van der Waals surface area contributed by atoms with E-state index in [1.54, 1.807) is 0 Å². The normalized spacial score (nSPS) is 14.2. The SMILES string of the molecule is C/C=C\C=C1/CN(c2cccc3ccc4cccnc4c23)c2cc3c(cc21)c1ccccc1n3-c1cccc2ccc3cccnc3c12. The molecule has 4 nitrogen and oxygen atoms in total. The van der Waals surface area contributed by atoms with Gasteiger partial charge in [0.2, 0.25) is 0 Å². The topological polar surface area (TPSA) is 34.0 Å². The minimum absolute atomic E-state index is 0.773. The van der Waals surface area contributed by atoms with E-state index < -0.39 is 0 Å². The minimum Gasteiger partial charge on any atom is -0.336 e. The maximum Gasteiger partial charge on any atom is 0.0801 e. The standard InChI is InChI=1S/C44H30N4/c1-2-3-10-32-27-47(37-17-6-11-28-19-21-30-13-8-23-45-43(30)41(28)37)39-26-40-35(25-34(32)39)33-15-4-5-16-36(33)48(40)38-18-7-12-29-20-22-31-14-9-24-46-44(31)42(29)38/h2-26H,27H2,1H3/b3-2-,32-10+. The van der Waals surface area contributed by atoms with Crippen molar-refractivity contribution in [1.29, 1.82) is 0 Å². The molecule has 0 fully saturated rings. The van der Waals surface area contributed by atoms with E-state index in [1.807, 2.05) is 24.5 Å². The van der Waals surface area contributed by atoms with Gasteiger partial charge in [-0.1, -0.05) is 97.1 Å². The van der Waals surface area contributed by atoms with Gasteiger partial charge in [0.15, 0.2) is 0 Å². The summed E-state index contributed by atoms with van der Waals surface area (Å²) >= 11 is 0. The van der Waals surface area contributed by atoms with Crippen LogP contribution in [0.2, 0.25) is 0 Å². The first-order valence-corrected chi connectivity index (χ1v) is 16.5. The second kappa shape index (κ2) is 10.4. The lowest BCUT2D eigenvalue weighted by atomic mass is 10.0. The molecule has 0 atom stereocenters. The number of fused-ring (bicyclic) bond motifs is 10. The zero-order valence-electron chi connectivity index (χ0n) is 26.4. The molecular formula is C44H30N4. The molecule has 226 valence electrons. The van der Waals surface area contributed by atoms with E-state index in [-0.39, 0.29) is 0 Å². The van der Waals surface area contributed by atoms with Gasteiger partial charge in [0, 0.05) is 56.8 Å². The summed E-state index contributed by atoms with van der Waals surface area (Å²) in [4.78, 5) is 12.3. The van der Waals surface area contributed by atoms with Gasteiger partial charge in [-0.3, -0.25) is 9.97 Å². The molecule has 0 unspecified atom stereocenters. The zero-order valence-corrected chi connectivity index (χ0v) is 26.4. The van der Waals surface area contributed by atoms with Crippen LogP contribution in [0.5, 0.6) is 0 Å². The molecule has 48 heavy (non-hydrogen) atoms. The molecule has 10 rings (SSSR count). The van der Waals surface area contributed by atoms with Crippen molar-refractivity contribution < 1.29 is 0 Å². The van der Waals surface area contributed by atoms with Gasteiger partial charge in [-0.15, -0.1) is 0 Å². The Bertz CT molecular complexity index is 2840. The van der Waals surface area contributed by atoms with E-state index in [1.165, 1.54) is 60.5 Å². The Balaban J connectivity index is 1.32. The fourth-order valence-corrected chi connectivity index (χ4v) is 7.86. The van der Waals surface area contributed by atoms with Crippen LogP contribution < -0.4 is 4.90 Å². The third-order valence-corrected chi connectivity index (χ3v) is 9.96. The molecular weight excluding hydrogens is 585 g/mol. The molecule has 0 aliphatic carbocycles. The smallest absolute Gasteiger partial charge is 0.0801 e. The molecule has 1 aliphatic rings. The molecule has 0 spiro atoms. The summed E-state index contributed by atoms with van der Waals surface area (Å²) in [6.07, 6.45) is 10.3. The number of benzene rings is 6. The van der Waals surface area contributed by atoms with Gasteiger partial charge in [-0.05, 0) is 65.7 Å². The Hall–Kier alpha value is -6.26. The maximum absolute atomic E-state index is 4.90. The summed E-state index contributed by atoms with van der Waals surface area (Å²) in [6.45, 7) is 2.85. The maximum atomic E-state index is 4.90. The fraction of sp³-hybridized carbons (Fsp3) is 0.0455. The second-order valence-corrected chi connectivity index (χ2v) is 12.6. The van der Waals surface area contributed by atoms with Gasteiger partial charge in [0.05, 0.1) is 39.1 Å². The van der Waals surface area contributed by atoms with Crippen molar-refractivity contribution in [3.8, 4) is 5.69 Å². The first kappa shape index (κ1) is 26.9. The number of allylic oxidation sites excluding steroid dienone is 3. The van der Waals surface area contributed by atoms with Crippen molar-refractivity contribution in [3.05, 3.63) is 158 Å². The van der Waals surface area contributed by atoms with Crippen molar-refractivity contribution >= 4 is 82.1 Å². The van der Waals surface area contributed by atoms with E-state index in [2.05, 4.69) is 144 Å². The average molecular weight is 615 g/mol. The molecule has 4 heteroatoms. The molecule has 0 bridgehead atoms. The minimum atomic E-state index is 0.773. The number of anilines is 2. The number of pyridine rings is 2. The van der Waals surface area contributed by atoms with Crippen LogP contribution in [-0.2, 0) is 0 Å². The van der Waals surface area contributed by atoms with Gasteiger partial charge in [0.1, 0.15) is 0 Å². The molecule has 0 radical (unpaired) electrons. The second-order valence-electron chi connectivity index (χ2n) is 12.6. The largest absolute Gasteiger partial charge is 0.336 e. The number of nitrogens with zero attached hydrogens (tertiary/aromatic N) is 4. The summed E-state index contributed by atoms with van der Waals surface area (Å²) in [7, 11) is 0. The average Bonchev–Trinajstić information content (AvgIpc) is 3.67. The van der Waals surface area contributed by atoms with Crippen LogP contribution in [-0.4, -0.2) is 21.1 Å². The monoisotopic (exact) mass is 614 g/mol. The quantitative estimate of drug-likeness (QED) is 0.186. The lowest BCUT2D eigenvalue weighted by Gasteiger charge is -2.22. The van der Waals surface area contributed by atoms with Gasteiger partial charge in [-0.25, -0.2) is 0 Å². The molecule has 0 saturated carbocycles. The van der Waals surface area contributed by atoms with Crippen LogP contribution in [0.4, 0.5) is 11.4 Å². The Kier molecular flexibility index (Phi) is 5.82. The molecule has 9 aromatic rings. The lowest BCUT2D eigenvalue weighted by Crippen LogP contribution is -2.13. The predicted octanol–water partition coefficient (Wildman–Crippen LogP) is 11.3. The third kappa shape index (κ3) is 3.83. The van der Waals surface area contributed by atoms with Crippen molar-refractivity contribution in [2.45, 2.75) is 6.92 Å². The van der Waals surface area contributed by atoms with Crippen molar-refractivity contribution in [2.75, 3.05) is 11.4 Å². The van der Waals surface area contributed by atoms with Crippen LogP contribution in [0.15, 0.2) is 152 Å². The number of hydrogen-bond acceptors (Lipinski definition) is 3. The highest BCUT2D eigenvalue weighted by Gasteiger charge is 2.29. The van der Waals surface area contributed by atoms with Gasteiger partial charge in [0.25, 0.3) is 0 Å². The van der Waals surface area contributed by atoms with E-state index in [0.717, 1.165) is 39.4 Å². The highest BCUT2D eigenvalue weighted by molar-refractivity contribution is 6.18. The first-order chi connectivity index (χ1) is 23.8. The Morgan fingerprint density at radius 3 is 1.94 bits per heavy atom. The number of para-hydroxylation sites is 1. The van der Waals surface area contributed by atoms with Crippen LogP contribution in [0.25, 0.3) is 76.4 Å². The molecule has 3 aromatic heterocycles. The molecule has 0 N–H and O–H groups in total. The van der Waals surface area contributed by atoms with E-state index in [9.17, 15) is 0 Å². The lowest BCUT2D eigenvalue weighted by molar-refractivity contribution is 1.16. The summed E-state index contributed by atoms with van der Waals surface area (Å²) in [5.41, 5.74) is 10.5. The first-order valence-electron chi connectivity index (χ1n) is 16.5. The van der Waals surface area contributed by atoms with Crippen LogP contribution in [0, 0.1) is 0 Å². The van der Waals surface area contributed by atoms with Crippen LogP contribution >= 0.6 is 0 Å². The van der Waals surface area contributed by atoms with Crippen LogP contribution in [0.1, 0.15) is 12.5 Å². The predicted molar refractivity (Wildman–Crippen MR) is 203 cm³/mol. The molecule has 1 aliphatic heterocycles. The third-order valence-electron chi connectivity index (χ3n) is 9.96. The Morgan fingerprint density at radius 2 is 1.21 bits per heavy atom. The number of hydrogen-bond donors (Lipinski definition) is 0. The number of aromatic nitrogens is 3. The summed E-state index contributed by atoms with van der Waals surface area (Å²) in [5.74, 6) is 0. The van der Waals surface area contributed by atoms with Crippen molar-refractivity contribution in [1.82, 2.24) is 14.5 Å². The van der Waals surface area contributed by atoms with E-state index in [4.69, 9.17) is 9.97 Å². The molecule has 0 amide bonds. The van der Waals surface area contributed by atoms with Crippen molar-refractivity contribution in [2.24, 2.45) is 0 Å². The van der Waals surface area contributed by atoms with Gasteiger partial charge >= 0.3 is 0 Å². The summed E-state index contributed by atoms with van der Waals surface area (Å²) < 4.78 is 2.45. The number of rotatable bonds is 3. The van der Waals surface area contributed by atoms with Crippen LogP contribution in [0.3, 0.4) is 0 Å². The molecule has 6 aromatic carbocycles. The van der Waals surface area contributed by atoms with E-state index in [0.29, 0.717) is 0 Å². The van der Waals surface area contributed by atoms with E-state index >= 15 is 0 Å². The van der Waals surface area contributed by atoms with Gasteiger partial charge in [-0.2, -0.15) is 0 Å². The highest BCUT2D eigenvalue weighted by Crippen LogP contribution is 2.48. The molecule has 0 saturated heterocycles. The fourth-order valence-electron chi connectivity index (χ4n) is 7.86. The highest BCUT2D eigenvalue weighted by atomic mass is 15.2.